The number of halogens is 2. The fraction of sp³-hybridized carbons (Fsp3) is 0.333. The monoisotopic (exact) mass is 357 g/mol. The summed E-state index contributed by atoms with van der Waals surface area (Å²) in [6.07, 6.45) is 2.54. The van der Waals surface area contributed by atoms with Crippen LogP contribution in [-0.4, -0.2) is 39.7 Å². The molecule has 8 heteroatoms. The molecule has 0 aliphatic heterocycles. The highest BCUT2D eigenvalue weighted by molar-refractivity contribution is 6.42. The van der Waals surface area contributed by atoms with E-state index in [-0.39, 0.29) is 5.91 Å². The molecule has 0 fully saturated rings. The zero-order valence-corrected chi connectivity index (χ0v) is 13.9. The highest BCUT2D eigenvalue weighted by atomic mass is 35.5. The molecule has 0 radical (unpaired) electrons. The predicted molar refractivity (Wildman–Crippen MR) is 88.1 cm³/mol. The Kier molecular flexibility index (Phi) is 6.27. The molecule has 1 aromatic carbocycles. The molecule has 0 saturated heterocycles. The van der Waals surface area contributed by atoms with Crippen LogP contribution in [0.25, 0.3) is 0 Å². The molecule has 23 heavy (non-hydrogen) atoms. The van der Waals surface area contributed by atoms with E-state index in [9.17, 15) is 9.90 Å². The van der Waals surface area contributed by atoms with Crippen molar-refractivity contribution in [3.8, 4) is 5.75 Å². The van der Waals surface area contributed by atoms with E-state index in [1.165, 1.54) is 12.5 Å². The number of nitrogens with one attached hydrogen (secondary N) is 2. The van der Waals surface area contributed by atoms with Crippen LogP contribution in [0.3, 0.4) is 0 Å². The predicted octanol–water partition coefficient (Wildman–Crippen LogP) is 2.66. The maximum atomic E-state index is 12.0. The zero-order chi connectivity index (χ0) is 16.8. The summed E-state index contributed by atoms with van der Waals surface area (Å²) in [6.45, 7) is 1.91. The summed E-state index contributed by atoms with van der Waals surface area (Å²) in [5.41, 5.74) is 0.334. The van der Waals surface area contributed by atoms with Gasteiger partial charge in [-0.3, -0.25) is 4.79 Å². The highest BCUT2D eigenvalue weighted by Crippen LogP contribution is 2.26. The van der Waals surface area contributed by atoms with Crippen molar-refractivity contribution in [2.24, 2.45) is 0 Å². The average molecular weight is 358 g/mol. The first-order valence-corrected chi connectivity index (χ1v) is 7.78. The first-order valence-electron chi connectivity index (χ1n) is 7.02. The summed E-state index contributed by atoms with van der Waals surface area (Å²) >= 11 is 11.8. The molecule has 2 atom stereocenters. The van der Waals surface area contributed by atoms with Gasteiger partial charge in [-0.15, -0.1) is 0 Å². The van der Waals surface area contributed by atoms with Gasteiger partial charge in [0.2, 0.25) is 0 Å². The summed E-state index contributed by atoms with van der Waals surface area (Å²) in [7, 11) is 0. The third-order valence-electron chi connectivity index (χ3n) is 3.23. The van der Waals surface area contributed by atoms with Gasteiger partial charge in [0, 0.05) is 12.5 Å². The molecule has 6 nitrogen and oxygen atoms in total. The van der Waals surface area contributed by atoms with Gasteiger partial charge in [0.25, 0.3) is 5.91 Å². The number of aliphatic hydroxyl groups is 1. The Morgan fingerprint density at radius 3 is 2.83 bits per heavy atom. The van der Waals surface area contributed by atoms with Crippen molar-refractivity contribution < 1.29 is 14.6 Å². The number of carbonyl (C=O) groups excluding carboxylic acids is 1. The Balaban J connectivity index is 1.87. The number of nitrogens with zero attached hydrogens (tertiary/aromatic N) is 1. The van der Waals surface area contributed by atoms with Gasteiger partial charge in [0.15, 0.2) is 0 Å². The fourth-order valence-corrected chi connectivity index (χ4v) is 2.22. The molecule has 1 amide bonds. The quantitative estimate of drug-likeness (QED) is 0.710. The maximum Gasteiger partial charge on any atom is 0.269 e. The maximum absolute atomic E-state index is 12.0. The number of rotatable bonds is 7. The van der Waals surface area contributed by atoms with E-state index in [1.807, 2.05) is 0 Å². The second-order valence-electron chi connectivity index (χ2n) is 5.00. The molecule has 1 aromatic heterocycles. The minimum absolute atomic E-state index is 0.302. The Hall–Kier alpha value is -1.76. The highest BCUT2D eigenvalue weighted by Gasteiger charge is 2.19. The van der Waals surface area contributed by atoms with E-state index in [1.54, 1.807) is 25.1 Å². The van der Waals surface area contributed by atoms with Crippen molar-refractivity contribution in [3.63, 3.8) is 0 Å². The zero-order valence-electron chi connectivity index (χ0n) is 12.4. The van der Waals surface area contributed by atoms with Gasteiger partial charge in [0.1, 0.15) is 11.4 Å². The SMILES string of the molecule is C[C@H](O)[C@@H](CCOc1ccc(Cl)c(Cl)c1)NC(=O)c1cnc[nH]1. The lowest BCUT2D eigenvalue weighted by Gasteiger charge is -2.21. The molecule has 124 valence electrons. The summed E-state index contributed by atoms with van der Waals surface area (Å²) < 4.78 is 5.57. The van der Waals surface area contributed by atoms with E-state index in [0.717, 1.165) is 0 Å². The Bertz CT molecular complexity index is 647. The smallest absolute Gasteiger partial charge is 0.269 e. The van der Waals surface area contributed by atoms with Crippen molar-refractivity contribution >= 4 is 29.1 Å². The lowest BCUT2D eigenvalue weighted by Crippen LogP contribution is -2.43. The van der Waals surface area contributed by atoms with Crippen LogP contribution in [0.2, 0.25) is 10.0 Å². The Morgan fingerprint density at radius 2 is 2.22 bits per heavy atom. The number of imidazole rings is 1. The van der Waals surface area contributed by atoms with Crippen molar-refractivity contribution in [1.82, 2.24) is 15.3 Å². The van der Waals surface area contributed by atoms with Crippen LogP contribution in [0.1, 0.15) is 23.8 Å². The molecular weight excluding hydrogens is 341 g/mol. The minimum atomic E-state index is -0.723. The first-order chi connectivity index (χ1) is 11.0. The normalized spacial score (nSPS) is 13.4. The number of carbonyl (C=O) groups is 1. The van der Waals surface area contributed by atoms with Crippen LogP contribution < -0.4 is 10.1 Å². The van der Waals surface area contributed by atoms with Crippen LogP contribution in [0.5, 0.6) is 5.75 Å². The third-order valence-corrected chi connectivity index (χ3v) is 3.97. The second kappa shape index (κ2) is 8.19. The van der Waals surface area contributed by atoms with Crippen molar-refractivity contribution in [1.29, 1.82) is 0 Å². The Morgan fingerprint density at radius 1 is 1.43 bits per heavy atom. The number of hydrogen-bond donors (Lipinski definition) is 3. The molecule has 1 heterocycles. The van der Waals surface area contributed by atoms with E-state index < -0.39 is 12.1 Å². The topological polar surface area (TPSA) is 87.2 Å². The number of H-pyrrole nitrogens is 1. The first kappa shape index (κ1) is 17.6. The Labute approximate surface area is 143 Å². The largest absolute Gasteiger partial charge is 0.493 e. The van der Waals surface area contributed by atoms with Gasteiger partial charge in [-0.25, -0.2) is 4.98 Å². The van der Waals surface area contributed by atoms with Crippen LogP contribution >= 0.6 is 23.2 Å². The van der Waals surface area contributed by atoms with E-state index in [0.29, 0.717) is 34.5 Å². The number of aromatic amines is 1. The number of amides is 1. The van der Waals surface area contributed by atoms with E-state index in [4.69, 9.17) is 27.9 Å². The van der Waals surface area contributed by atoms with E-state index >= 15 is 0 Å². The van der Waals surface area contributed by atoms with Gasteiger partial charge in [-0.2, -0.15) is 0 Å². The third kappa shape index (κ3) is 5.13. The molecule has 2 aromatic rings. The molecule has 0 aliphatic carbocycles. The number of aromatic nitrogens is 2. The molecule has 0 bridgehead atoms. The summed E-state index contributed by atoms with van der Waals surface area (Å²) in [4.78, 5) is 18.5. The molecule has 0 unspecified atom stereocenters. The number of benzene rings is 1. The van der Waals surface area contributed by atoms with Gasteiger partial charge in [0.05, 0.1) is 41.3 Å². The number of ether oxygens (including phenoxy) is 1. The van der Waals surface area contributed by atoms with Crippen LogP contribution in [0, 0.1) is 0 Å². The van der Waals surface area contributed by atoms with Crippen LogP contribution in [0.4, 0.5) is 0 Å². The molecule has 3 N–H and O–H groups in total. The van der Waals surface area contributed by atoms with Crippen molar-refractivity contribution in [2.45, 2.75) is 25.5 Å². The summed E-state index contributed by atoms with van der Waals surface area (Å²) in [5, 5.41) is 13.4. The number of hydrogen-bond acceptors (Lipinski definition) is 4. The van der Waals surface area contributed by atoms with E-state index in [2.05, 4.69) is 15.3 Å². The summed E-state index contributed by atoms with van der Waals surface area (Å²) in [6, 6.07) is 4.51. The van der Waals surface area contributed by atoms with Crippen molar-refractivity contribution in [2.75, 3.05) is 6.61 Å². The van der Waals surface area contributed by atoms with Crippen molar-refractivity contribution in [3.05, 3.63) is 46.5 Å². The lowest BCUT2D eigenvalue weighted by atomic mass is 10.1. The average Bonchev–Trinajstić information content (AvgIpc) is 3.04. The number of aliphatic hydroxyl groups excluding tert-OH is 1. The van der Waals surface area contributed by atoms with Gasteiger partial charge in [-0.1, -0.05) is 23.2 Å². The van der Waals surface area contributed by atoms with Crippen LogP contribution in [-0.2, 0) is 0 Å². The van der Waals surface area contributed by atoms with Gasteiger partial charge in [-0.05, 0) is 19.1 Å². The minimum Gasteiger partial charge on any atom is -0.493 e. The molecule has 0 spiro atoms. The molecular formula is C15H17Cl2N3O3. The van der Waals surface area contributed by atoms with Gasteiger partial charge >= 0.3 is 0 Å². The standard InChI is InChI=1S/C15H17Cl2N3O3/c1-9(21)13(20-15(22)14-7-18-8-19-14)4-5-23-10-2-3-11(16)12(17)6-10/h2-3,6-9,13,21H,4-5H2,1H3,(H,18,19)(H,20,22)/t9-,13+/m0/s1. The van der Waals surface area contributed by atoms with Gasteiger partial charge < -0.3 is 20.1 Å². The second-order valence-corrected chi connectivity index (χ2v) is 5.81. The lowest BCUT2D eigenvalue weighted by molar-refractivity contribution is 0.0827. The van der Waals surface area contributed by atoms with Crippen LogP contribution in [0.15, 0.2) is 30.7 Å². The molecule has 0 saturated carbocycles. The molecule has 2 rings (SSSR count). The molecule has 0 aliphatic rings. The fourth-order valence-electron chi connectivity index (χ4n) is 1.93. The summed E-state index contributed by atoms with van der Waals surface area (Å²) in [5.74, 6) is 0.242.